The molecule has 1 aliphatic carbocycles. The van der Waals surface area contributed by atoms with Gasteiger partial charge < -0.3 is 11.1 Å². The number of carbonyl (C=O) groups excluding carboxylic acids is 1. The van der Waals surface area contributed by atoms with E-state index in [1.165, 1.54) is 6.42 Å². The summed E-state index contributed by atoms with van der Waals surface area (Å²) < 4.78 is 0. The molecule has 0 unspecified atom stereocenters. The highest BCUT2D eigenvalue weighted by Crippen LogP contribution is 2.17. The molecule has 0 saturated heterocycles. The molecule has 1 rings (SSSR count). The van der Waals surface area contributed by atoms with E-state index in [0.717, 1.165) is 12.8 Å². The molecule has 0 heterocycles. The summed E-state index contributed by atoms with van der Waals surface area (Å²) in [6, 6.07) is 0.427. The smallest absolute Gasteiger partial charge is 0.221 e. The van der Waals surface area contributed by atoms with Gasteiger partial charge in [0.15, 0.2) is 0 Å². The Bertz CT molecular complexity index is 141. The molecular weight excluding hydrogens is 140 g/mol. The van der Waals surface area contributed by atoms with E-state index in [0.29, 0.717) is 12.5 Å². The van der Waals surface area contributed by atoms with Crippen molar-refractivity contribution < 1.29 is 4.79 Å². The van der Waals surface area contributed by atoms with Crippen LogP contribution in [-0.2, 0) is 4.79 Å². The molecule has 0 aromatic heterocycles. The van der Waals surface area contributed by atoms with E-state index in [9.17, 15) is 4.79 Å². The standard InChI is InChI=1S/C8H16N2O/c1-6(9)5-8(11)10-7-3-2-4-7/h6-7H,2-5,9H2,1H3,(H,10,11)/t6-/m0/s1. The van der Waals surface area contributed by atoms with Gasteiger partial charge in [0.2, 0.25) is 5.91 Å². The van der Waals surface area contributed by atoms with Crippen molar-refractivity contribution in [3.05, 3.63) is 0 Å². The molecule has 3 nitrogen and oxygen atoms in total. The average molecular weight is 156 g/mol. The van der Waals surface area contributed by atoms with E-state index in [1.807, 2.05) is 6.92 Å². The predicted molar refractivity (Wildman–Crippen MR) is 44.0 cm³/mol. The molecule has 3 N–H and O–H groups in total. The number of nitrogens with one attached hydrogen (secondary N) is 1. The minimum atomic E-state index is -0.0184. The van der Waals surface area contributed by atoms with Gasteiger partial charge in [0.25, 0.3) is 0 Å². The molecule has 1 fully saturated rings. The first-order valence-electron chi connectivity index (χ1n) is 4.23. The third-order valence-corrected chi connectivity index (χ3v) is 1.98. The summed E-state index contributed by atoms with van der Waals surface area (Å²) in [5.41, 5.74) is 5.47. The van der Waals surface area contributed by atoms with Crippen LogP contribution in [0.4, 0.5) is 0 Å². The van der Waals surface area contributed by atoms with Crippen molar-refractivity contribution in [2.45, 2.75) is 44.7 Å². The number of nitrogens with two attached hydrogens (primary N) is 1. The Hall–Kier alpha value is -0.570. The molecule has 3 heteroatoms. The van der Waals surface area contributed by atoms with Crippen LogP contribution in [0.3, 0.4) is 0 Å². The van der Waals surface area contributed by atoms with Crippen molar-refractivity contribution in [2.75, 3.05) is 0 Å². The van der Waals surface area contributed by atoms with Crippen LogP contribution in [-0.4, -0.2) is 18.0 Å². The Morgan fingerprint density at radius 3 is 2.73 bits per heavy atom. The van der Waals surface area contributed by atoms with E-state index in [2.05, 4.69) is 5.32 Å². The molecule has 11 heavy (non-hydrogen) atoms. The van der Waals surface area contributed by atoms with Crippen LogP contribution < -0.4 is 11.1 Å². The summed E-state index contributed by atoms with van der Waals surface area (Å²) in [5, 5.41) is 2.93. The van der Waals surface area contributed by atoms with Gasteiger partial charge in [0, 0.05) is 18.5 Å². The van der Waals surface area contributed by atoms with Gasteiger partial charge in [-0.3, -0.25) is 4.79 Å². The van der Waals surface area contributed by atoms with Crippen LogP contribution in [0.25, 0.3) is 0 Å². The largest absolute Gasteiger partial charge is 0.353 e. The second-order valence-corrected chi connectivity index (χ2v) is 3.38. The molecule has 0 aromatic rings. The van der Waals surface area contributed by atoms with Crippen LogP contribution in [0.5, 0.6) is 0 Å². The Morgan fingerprint density at radius 2 is 2.36 bits per heavy atom. The van der Waals surface area contributed by atoms with Crippen molar-refractivity contribution in [3.8, 4) is 0 Å². The van der Waals surface area contributed by atoms with Gasteiger partial charge in [-0.1, -0.05) is 0 Å². The lowest BCUT2D eigenvalue weighted by Gasteiger charge is -2.26. The third kappa shape index (κ3) is 2.89. The van der Waals surface area contributed by atoms with E-state index >= 15 is 0 Å². The van der Waals surface area contributed by atoms with Crippen molar-refractivity contribution in [1.82, 2.24) is 5.32 Å². The quantitative estimate of drug-likeness (QED) is 0.621. The van der Waals surface area contributed by atoms with E-state index < -0.39 is 0 Å². The van der Waals surface area contributed by atoms with Crippen LogP contribution in [0.1, 0.15) is 32.6 Å². The minimum Gasteiger partial charge on any atom is -0.353 e. The second-order valence-electron chi connectivity index (χ2n) is 3.38. The van der Waals surface area contributed by atoms with Gasteiger partial charge in [-0.05, 0) is 26.2 Å². The van der Waals surface area contributed by atoms with Crippen LogP contribution in [0.15, 0.2) is 0 Å². The predicted octanol–water partition coefficient (Wildman–Crippen LogP) is 0.392. The lowest BCUT2D eigenvalue weighted by atomic mass is 9.93. The second kappa shape index (κ2) is 3.72. The summed E-state index contributed by atoms with van der Waals surface area (Å²) in [7, 11) is 0. The van der Waals surface area contributed by atoms with Gasteiger partial charge in [0.05, 0.1) is 0 Å². The van der Waals surface area contributed by atoms with E-state index in [-0.39, 0.29) is 11.9 Å². The van der Waals surface area contributed by atoms with Crippen LogP contribution >= 0.6 is 0 Å². The molecule has 64 valence electrons. The average Bonchev–Trinajstić information content (AvgIpc) is 1.77. The highest BCUT2D eigenvalue weighted by molar-refractivity contribution is 5.76. The first-order chi connectivity index (χ1) is 5.18. The van der Waals surface area contributed by atoms with Crippen LogP contribution in [0.2, 0.25) is 0 Å². The van der Waals surface area contributed by atoms with Crippen molar-refractivity contribution in [2.24, 2.45) is 5.73 Å². The Labute approximate surface area is 67.3 Å². The molecule has 1 saturated carbocycles. The summed E-state index contributed by atoms with van der Waals surface area (Å²) >= 11 is 0. The molecule has 0 bridgehead atoms. The van der Waals surface area contributed by atoms with Crippen molar-refractivity contribution >= 4 is 5.91 Å². The zero-order valence-corrected chi connectivity index (χ0v) is 6.97. The van der Waals surface area contributed by atoms with Gasteiger partial charge in [-0.25, -0.2) is 0 Å². The molecule has 1 aliphatic rings. The fraction of sp³-hybridized carbons (Fsp3) is 0.875. The highest BCUT2D eigenvalue weighted by Gasteiger charge is 2.19. The number of rotatable bonds is 3. The maximum Gasteiger partial charge on any atom is 0.221 e. The normalized spacial score (nSPS) is 20.5. The third-order valence-electron chi connectivity index (χ3n) is 1.98. The monoisotopic (exact) mass is 156 g/mol. The zero-order valence-electron chi connectivity index (χ0n) is 6.97. The molecule has 0 radical (unpaired) electrons. The first-order valence-corrected chi connectivity index (χ1v) is 4.23. The van der Waals surface area contributed by atoms with E-state index in [1.54, 1.807) is 0 Å². The molecule has 1 atom stereocenters. The van der Waals surface area contributed by atoms with Gasteiger partial charge in [-0.15, -0.1) is 0 Å². The Morgan fingerprint density at radius 1 is 1.73 bits per heavy atom. The van der Waals surface area contributed by atoms with Gasteiger partial charge >= 0.3 is 0 Å². The maximum atomic E-state index is 11.1. The van der Waals surface area contributed by atoms with Crippen molar-refractivity contribution in [1.29, 1.82) is 0 Å². The molecule has 0 spiro atoms. The maximum absolute atomic E-state index is 11.1. The minimum absolute atomic E-state index is 0.0184. The molecule has 0 aliphatic heterocycles. The fourth-order valence-electron chi connectivity index (χ4n) is 1.13. The lowest BCUT2D eigenvalue weighted by molar-refractivity contribution is -0.122. The van der Waals surface area contributed by atoms with E-state index in [4.69, 9.17) is 5.73 Å². The topological polar surface area (TPSA) is 55.1 Å². The Kier molecular flexibility index (Phi) is 2.88. The molecular formula is C8H16N2O. The summed E-state index contributed by atoms with van der Waals surface area (Å²) in [6.45, 7) is 1.85. The lowest BCUT2D eigenvalue weighted by Crippen LogP contribution is -2.41. The number of hydrogen-bond acceptors (Lipinski definition) is 2. The summed E-state index contributed by atoms with van der Waals surface area (Å²) in [4.78, 5) is 11.1. The molecule has 1 amide bonds. The van der Waals surface area contributed by atoms with Crippen molar-refractivity contribution in [3.63, 3.8) is 0 Å². The number of amides is 1. The van der Waals surface area contributed by atoms with Gasteiger partial charge in [-0.2, -0.15) is 0 Å². The van der Waals surface area contributed by atoms with Gasteiger partial charge in [0.1, 0.15) is 0 Å². The number of carbonyl (C=O) groups is 1. The van der Waals surface area contributed by atoms with Crippen LogP contribution in [0, 0.1) is 0 Å². The fourth-order valence-corrected chi connectivity index (χ4v) is 1.13. The zero-order chi connectivity index (χ0) is 8.27. The number of hydrogen-bond donors (Lipinski definition) is 2. The first kappa shape index (κ1) is 8.53. The summed E-state index contributed by atoms with van der Waals surface area (Å²) in [5.74, 6) is 0.102. The summed E-state index contributed by atoms with van der Waals surface area (Å²) in [6.07, 6.45) is 4.00. The SMILES string of the molecule is C[C@H](N)CC(=O)NC1CCC1. The Balaban J connectivity index is 2.09. The molecule has 0 aromatic carbocycles. The highest BCUT2D eigenvalue weighted by atomic mass is 16.1.